The number of halogens is 2. The fourth-order valence-electron chi connectivity index (χ4n) is 2.01. The summed E-state index contributed by atoms with van der Waals surface area (Å²) in [5.74, 6) is -2.34. The first-order chi connectivity index (χ1) is 12.1. The Morgan fingerprint density at radius 2 is 1.88 bits per heavy atom. The number of esters is 1. The Kier molecular flexibility index (Phi) is 5.99. The molecule has 138 valence electrons. The van der Waals surface area contributed by atoms with Gasteiger partial charge in [-0.2, -0.15) is 0 Å². The van der Waals surface area contributed by atoms with Crippen LogP contribution < -0.4 is 5.32 Å². The highest BCUT2D eigenvalue weighted by Gasteiger charge is 2.18. The molecule has 6 nitrogen and oxygen atoms in total. The van der Waals surface area contributed by atoms with Crippen molar-refractivity contribution < 1.29 is 27.1 Å². The number of benzene rings is 2. The summed E-state index contributed by atoms with van der Waals surface area (Å²) in [4.78, 5) is 23.8. The minimum atomic E-state index is -3.54. The van der Waals surface area contributed by atoms with Gasteiger partial charge in [0.25, 0.3) is 5.91 Å². The van der Waals surface area contributed by atoms with Crippen molar-refractivity contribution in [2.45, 2.75) is 11.8 Å². The maximum absolute atomic E-state index is 13.7. The molecule has 0 bridgehead atoms. The maximum atomic E-state index is 13.7. The Morgan fingerprint density at radius 1 is 1.19 bits per heavy atom. The van der Waals surface area contributed by atoms with Crippen LogP contribution in [0.2, 0.25) is 5.02 Å². The van der Waals surface area contributed by atoms with Crippen molar-refractivity contribution in [1.82, 2.24) is 0 Å². The average Bonchev–Trinajstić information content (AvgIpc) is 2.54. The number of amides is 1. The molecule has 0 saturated carbocycles. The molecular weight excluding hydrogens is 385 g/mol. The minimum Gasteiger partial charge on any atom is -0.452 e. The van der Waals surface area contributed by atoms with Crippen LogP contribution in [0.4, 0.5) is 10.1 Å². The van der Waals surface area contributed by atoms with E-state index in [9.17, 15) is 22.4 Å². The second-order valence-corrected chi connectivity index (χ2v) is 7.94. The standard InChI is InChI=1S/C17H15ClFNO5S/c1-10-3-6-15(14(19)7-10)20-16(21)9-25-17(22)12-8-11(26(2,23)24)4-5-13(12)18/h3-8H,9H2,1-2H3,(H,20,21). The number of rotatable bonds is 5. The fourth-order valence-corrected chi connectivity index (χ4v) is 2.85. The lowest BCUT2D eigenvalue weighted by Crippen LogP contribution is -2.21. The highest BCUT2D eigenvalue weighted by atomic mass is 35.5. The molecule has 0 radical (unpaired) electrons. The number of carbonyl (C=O) groups is 2. The first-order valence-corrected chi connectivity index (χ1v) is 9.57. The lowest BCUT2D eigenvalue weighted by atomic mass is 10.2. The van der Waals surface area contributed by atoms with Crippen LogP contribution in [0.15, 0.2) is 41.3 Å². The molecule has 0 unspecified atom stereocenters. The molecule has 0 saturated heterocycles. The summed E-state index contributed by atoms with van der Waals surface area (Å²) in [5.41, 5.74) is 0.449. The molecule has 0 atom stereocenters. The molecule has 2 aromatic carbocycles. The summed E-state index contributed by atoms with van der Waals surface area (Å²) >= 11 is 5.88. The van der Waals surface area contributed by atoms with Gasteiger partial charge in [0, 0.05) is 6.26 Å². The van der Waals surface area contributed by atoms with Crippen molar-refractivity contribution in [3.05, 3.63) is 58.4 Å². The highest BCUT2D eigenvalue weighted by Crippen LogP contribution is 2.21. The normalized spacial score (nSPS) is 11.1. The van der Waals surface area contributed by atoms with E-state index < -0.39 is 34.1 Å². The minimum absolute atomic E-state index is 0.0209. The third-order valence-electron chi connectivity index (χ3n) is 3.32. The van der Waals surface area contributed by atoms with Gasteiger partial charge in [-0.05, 0) is 42.8 Å². The van der Waals surface area contributed by atoms with Crippen molar-refractivity contribution in [1.29, 1.82) is 0 Å². The van der Waals surface area contributed by atoms with Gasteiger partial charge in [-0.3, -0.25) is 4.79 Å². The van der Waals surface area contributed by atoms with Crippen molar-refractivity contribution in [3.63, 3.8) is 0 Å². The van der Waals surface area contributed by atoms with Crippen molar-refractivity contribution in [2.75, 3.05) is 18.2 Å². The zero-order valence-electron chi connectivity index (χ0n) is 13.9. The molecule has 1 N–H and O–H groups in total. The van der Waals surface area contributed by atoms with Gasteiger partial charge in [-0.15, -0.1) is 0 Å². The monoisotopic (exact) mass is 399 g/mol. The molecule has 2 aromatic rings. The SMILES string of the molecule is Cc1ccc(NC(=O)COC(=O)c2cc(S(C)(=O)=O)ccc2Cl)c(F)c1. The summed E-state index contributed by atoms with van der Waals surface area (Å²) in [7, 11) is -3.54. The van der Waals surface area contributed by atoms with Gasteiger partial charge in [0.15, 0.2) is 16.4 Å². The van der Waals surface area contributed by atoms with E-state index in [1.54, 1.807) is 13.0 Å². The summed E-state index contributed by atoms with van der Waals surface area (Å²) in [5, 5.41) is 2.25. The Labute approximate surface area is 154 Å². The topological polar surface area (TPSA) is 89.5 Å². The van der Waals surface area contributed by atoms with Crippen LogP contribution in [0, 0.1) is 12.7 Å². The van der Waals surface area contributed by atoms with E-state index >= 15 is 0 Å². The number of carbonyl (C=O) groups excluding carboxylic acids is 2. The smallest absolute Gasteiger partial charge is 0.340 e. The molecule has 0 fully saturated rings. The largest absolute Gasteiger partial charge is 0.452 e. The molecule has 0 heterocycles. The zero-order valence-corrected chi connectivity index (χ0v) is 15.4. The molecule has 0 spiro atoms. The molecular formula is C17H15ClFNO5S. The lowest BCUT2D eigenvalue weighted by molar-refractivity contribution is -0.119. The van der Waals surface area contributed by atoms with Crippen LogP contribution in [0.3, 0.4) is 0 Å². The number of hydrogen-bond donors (Lipinski definition) is 1. The van der Waals surface area contributed by atoms with Crippen molar-refractivity contribution >= 4 is 39.0 Å². The van der Waals surface area contributed by atoms with E-state index in [1.165, 1.54) is 24.3 Å². The molecule has 2 rings (SSSR count). The number of anilines is 1. The van der Waals surface area contributed by atoms with Gasteiger partial charge in [-0.25, -0.2) is 17.6 Å². The van der Waals surface area contributed by atoms with Crippen LogP contribution in [-0.4, -0.2) is 33.2 Å². The number of aryl methyl sites for hydroxylation is 1. The number of hydrogen-bond acceptors (Lipinski definition) is 5. The zero-order chi connectivity index (χ0) is 19.5. The Balaban J connectivity index is 2.05. The van der Waals surface area contributed by atoms with Gasteiger partial charge in [0.2, 0.25) is 0 Å². The van der Waals surface area contributed by atoms with Crippen molar-refractivity contribution in [3.8, 4) is 0 Å². The highest BCUT2D eigenvalue weighted by molar-refractivity contribution is 7.90. The van der Waals surface area contributed by atoms with Gasteiger partial charge < -0.3 is 10.1 Å². The first kappa shape index (κ1) is 19.9. The Hall–Kier alpha value is -2.45. The Bertz CT molecular complexity index is 975. The Morgan fingerprint density at radius 3 is 2.50 bits per heavy atom. The van der Waals surface area contributed by atoms with E-state index in [2.05, 4.69) is 5.32 Å². The molecule has 0 aliphatic carbocycles. The third kappa shape index (κ3) is 5.03. The lowest BCUT2D eigenvalue weighted by Gasteiger charge is -2.09. The van der Waals surface area contributed by atoms with Crippen LogP contribution in [0.5, 0.6) is 0 Å². The first-order valence-electron chi connectivity index (χ1n) is 7.30. The van der Waals surface area contributed by atoms with Crippen molar-refractivity contribution in [2.24, 2.45) is 0 Å². The summed E-state index contributed by atoms with van der Waals surface area (Å²) in [6.45, 7) is 1.01. The second-order valence-electron chi connectivity index (χ2n) is 5.52. The van der Waals surface area contributed by atoms with Crippen LogP contribution in [0.1, 0.15) is 15.9 Å². The maximum Gasteiger partial charge on any atom is 0.340 e. The second kappa shape index (κ2) is 7.84. The molecule has 0 aliphatic heterocycles. The summed E-state index contributed by atoms with van der Waals surface area (Å²) in [6.07, 6.45) is 0.981. The predicted octanol–water partition coefficient (Wildman–Crippen LogP) is 2.99. The van der Waals surface area contributed by atoms with Gasteiger partial charge >= 0.3 is 5.97 Å². The predicted molar refractivity (Wildman–Crippen MR) is 94.6 cm³/mol. The van der Waals surface area contributed by atoms with E-state index in [0.717, 1.165) is 12.3 Å². The average molecular weight is 400 g/mol. The van der Waals surface area contributed by atoms with Gasteiger partial charge in [-0.1, -0.05) is 17.7 Å². The van der Waals surface area contributed by atoms with Crippen LogP contribution in [-0.2, 0) is 19.4 Å². The molecule has 26 heavy (non-hydrogen) atoms. The molecule has 0 aliphatic rings. The van der Waals surface area contributed by atoms with E-state index in [-0.39, 0.29) is 21.2 Å². The van der Waals surface area contributed by atoms with Crippen LogP contribution >= 0.6 is 11.6 Å². The summed E-state index contributed by atoms with van der Waals surface area (Å²) in [6, 6.07) is 7.81. The van der Waals surface area contributed by atoms with Gasteiger partial charge in [0.05, 0.1) is 21.2 Å². The number of nitrogens with one attached hydrogen (secondary N) is 1. The fraction of sp³-hybridized carbons (Fsp3) is 0.176. The van der Waals surface area contributed by atoms with E-state index in [4.69, 9.17) is 16.3 Å². The van der Waals surface area contributed by atoms with Crippen LogP contribution in [0.25, 0.3) is 0 Å². The third-order valence-corrected chi connectivity index (χ3v) is 4.76. The quantitative estimate of drug-likeness (QED) is 0.780. The molecule has 1 amide bonds. The van der Waals surface area contributed by atoms with E-state index in [0.29, 0.717) is 5.56 Å². The summed E-state index contributed by atoms with van der Waals surface area (Å²) < 4.78 is 41.6. The van der Waals surface area contributed by atoms with E-state index in [1.807, 2.05) is 0 Å². The van der Waals surface area contributed by atoms with Gasteiger partial charge in [0.1, 0.15) is 5.82 Å². The number of ether oxygens (including phenoxy) is 1. The number of sulfone groups is 1. The molecule has 0 aromatic heterocycles. The molecule has 9 heteroatoms.